The van der Waals surface area contributed by atoms with Gasteiger partial charge in [-0.25, -0.2) is 0 Å². The Morgan fingerprint density at radius 2 is 1.60 bits per heavy atom. The predicted octanol–water partition coefficient (Wildman–Crippen LogP) is 2.66. The third kappa shape index (κ3) is 6.77. The first-order chi connectivity index (χ1) is 12.2. The van der Waals surface area contributed by atoms with Crippen molar-refractivity contribution in [2.24, 2.45) is 0 Å². The fourth-order valence-electron chi connectivity index (χ4n) is 2.35. The summed E-state index contributed by atoms with van der Waals surface area (Å²) in [4.78, 5) is 23.7. The summed E-state index contributed by atoms with van der Waals surface area (Å²) in [5.74, 6) is -0.132. The first kappa shape index (κ1) is 18.7. The molecule has 2 N–H and O–H groups in total. The Morgan fingerprint density at radius 3 is 2.28 bits per heavy atom. The summed E-state index contributed by atoms with van der Waals surface area (Å²) in [6.45, 7) is 1.57. The van der Waals surface area contributed by atoms with Crippen LogP contribution in [0.15, 0.2) is 54.6 Å². The van der Waals surface area contributed by atoms with Crippen molar-refractivity contribution in [3.05, 3.63) is 71.3 Å². The van der Waals surface area contributed by atoms with Gasteiger partial charge < -0.3 is 15.4 Å². The smallest absolute Gasteiger partial charge is 0.251 e. The van der Waals surface area contributed by atoms with Crippen molar-refractivity contribution in [1.82, 2.24) is 10.6 Å². The van der Waals surface area contributed by atoms with Gasteiger partial charge >= 0.3 is 0 Å². The lowest BCUT2D eigenvalue weighted by Crippen LogP contribution is -2.27. The van der Waals surface area contributed by atoms with Crippen LogP contribution in [-0.4, -0.2) is 25.5 Å². The highest BCUT2D eigenvalue weighted by Crippen LogP contribution is 2.05. The second-order valence-electron chi connectivity index (χ2n) is 5.75. The van der Waals surface area contributed by atoms with Gasteiger partial charge in [0, 0.05) is 32.2 Å². The average Bonchev–Trinajstić information content (AvgIpc) is 2.65. The van der Waals surface area contributed by atoms with Crippen LogP contribution in [0.4, 0.5) is 0 Å². The van der Waals surface area contributed by atoms with Crippen molar-refractivity contribution >= 4 is 11.8 Å². The number of carbonyl (C=O) groups excluding carboxylic acids is 2. The van der Waals surface area contributed by atoms with Crippen LogP contribution in [0, 0.1) is 0 Å². The molecular formula is C20H24N2O3. The summed E-state index contributed by atoms with van der Waals surface area (Å²) >= 11 is 0. The maximum absolute atomic E-state index is 11.9. The summed E-state index contributed by atoms with van der Waals surface area (Å²) in [5, 5.41) is 5.70. The number of rotatable bonds is 9. The topological polar surface area (TPSA) is 67.4 Å². The van der Waals surface area contributed by atoms with Crippen molar-refractivity contribution in [2.45, 2.75) is 26.0 Å². The van der Waals surface area contributed by atoms with Crippen LogP contribution in [0.25, 0.3) is 0 Å². The summed E-state index contributed by atoms with van der Waals surface area (Å²) < 4.78 is 5.07. The van der Waals surface area contributed by atoms with Crippen molar-refractivity contribution < 1.29 is 14.3 Å². The number of carbonyl (C=O) groups is 2. The summed E-state index contributed by atoms with van der Waals surface area (Å²) in [6, 6.07) is 17.0. The molecule has 0 radical (unpaired) electrons. The maximum Gasteiger partial charge on any atom is 0.251 e. The van der Waals surface area contributed by atoms with Gasteiger partial charge in [-0.15, -0.1) is 0 Å². The van der Waals surface area contributed by atoms with E-state index in [9.17, 15) is 9.59 Å². The number of hydrogen-bond acceptors (Lipinski definition) is 3. The highest BCUT2D eigenvalue weighted by molar-refractivity contribution is 5.94. The van der Waals surface area contributed by atoms with E-state index in [1.807, 2.05) is 42.5 Å². The van der Waals surface area contributed by atoms with Gasteiger partial charge in [0.2, 0.25) is 5.91 Å². The largest absolute Gasteiger partial charge is 0.380 e. The van der Waals surface area contributed by atoms with E-state index < -0.39 is 0 Å². The quantitative estimate of drug-likeness (QED) is 0.690. The first-order valence-corrected chi connectivity index (χ1v) is 8.35. The van der Waals surface area contributed by atoms with Crippen molar-refractivity contribution in [2.75, 3.05) is 13.7 Å². The number of amides is 2. The van der Waals surface area contributed by atoms with Gasteiger partial charge in [0.05, 0.1) is 6.61 Å². The predicted molar refractivity (Wildman–Crippen MR) is 97.0 cm³/mol. The van der Waals surface area contributed by atoms with Crippen LogP contribution in [-0.2, 0) is 22.7 Å². The summed E-state index contributed by atoms with van der Waals surface area (Å²) in [7, 11) is 1.66. The molecule has 5 heteroatoms. The molecule has 0 bridgehead atoms. The van der Waals surface area contributed by atoms with Gasteiger partial charge in [-0.2, -0.15) is 0 Å². The zero-order valence-electron chi connectivity index (χ0n) is 14.5. The van der Waals surface area contributed by atoms with Gasteiger partial charge in [0.25, 0.3) is 5.91 Å². The van der Waals surface area contributed by atoms with E-state index >= 15 is 0 Å². The molecule has 2 rings (SSSR count). The van der Waals surface area contributed by atoms with Crippen LogP contribution < -0.4 is 10.6 Å². The van der Waals surface area contributed by atoms with Crippen LogP contribution in [0.3, 0.4) is 0 Å². The van der Waals surface area contributed by atoms with Crippen LogP contribution in [0.1, 0.15) is 34.3 Å². The molecule has 25 heavy (non-hydrogen) atoms. The van der Waals surface area contributed by atoms with Crippen molar-refractivity contribution in [3.8, 4) is 0 Å². The van der Waals surface area contributed by atoms with Gasteiger partial charge in [-0.1, -0.05) is 42.5 Å². The Labute approximate surface area is 148 Å². The number of hydrogen-bond donors (Lipinski definition) is 2. The molecule has 0 unspecified atom stereocenters. The summed E-state index contributed by atoms with van der Waals surface area (Å²) in [5.41, 5.74) is 2.78. The van der Waals surface area contributed by atoms with E-state index in [2.05, 4.69) is 10.6 Å². The minimum Gasteiger partial charge on any atom is -0.380 e. The van der Waals surface area contributed by atoms with E-state index in [1.165, 1.54) is 0 Å². The number of benzene rings is 2. The highest BCUT2D eigenvalue weighted by atomic mass is 16.5. The Morgan fingerprint density at radius 1 is 0.920 bits per heavy atom. The SMILES string of the molecule is COCc1ccc(CNC(=O)CCCNC(=O)c2ccccc2)cc1. The maximum atomic E-state index is 11.9. The van der Waals surface area contributed by atoms with Crippen molar-refractivity contribution in [1.29, 1.82) is 0 Å². The Kier molecular flexibility index (Phi) is 7.66. The molecule has 2 aromatic carbocycles. The lowest BCUT2D eigenvalue weighted by atomic mass is 10.1. The standard InChI is InChI=1S/C20H24N2O3/c1-25-15-17-11-9-16(10-12-17)14-22-19(23)8-5-13-21-20(24)18-6-3-2-4-7-18/h2-4,6-7,9-12H,5,8,13-15H2,1H3,(H,21,24)(H,22,23). The molecule has 0 aliphatic rings. The monoisotopic (exact) mass is 340 g/mol. The molecule has 0 aliphatic carbocycles. The van der Waals surface area contributed by atoms with E-state index in [0.717, 1.165) is 11.1 Å². The normalized spacial score (nSPS) is 10.3. The number of methoxy groups -OCH3 is 1. The fraction of sp³-hybridized carbons (Fsp3) is 0.300. The molecule has 0 aliphatic heterocycles. The molecule has 0 fully saturated rings. The fourth-order valence-corrected chi connectivity index (χ4v) is 2.35. The molecule has 0 spiro atoms. The summed E-state index contributed by atoms with van der Waals surface area (Å²) in [6.07, 6.45) is 0.994. The van der Waals surface area contributed by atoms with E-state index in [4.69, 9.17) is 4.74 Å². The van der Waals surface area contributed by atoms with Crippen molar-refractivity contribution in [3.63, 3.8) is 0 Å². The van der Waals surface area contributed by atoms with Gasteiger partial charge in [-0.05, 0) is 29.7 Å². The molecule has 132 valence electrons. The second-order valence-corrected chi connectivity index (χ2v) is 5.75. The van der Waals surface area contributed by atoms with E-state index in [-0.39, 0.29) is 11.8 Å². The van der Waals surface area contributed by atoms with Gasteiger partial charge in [0.15, 0.2) is 0 Å². The number of ether oxygens (including phenoxy) is 1. The van der Waals surface area contributed by atoms with Crippen LogP contribution in [0.2, 0.25) is 0 Å². The molecule has 0 aromatic heterocycles. The molecule has 5 nitrogen and oxygen atoms in total. The minimum absolute atomic E-state index is 0.0186. The average molecular weight is 340 g/mol. The molecule has 0 saturated heterocycles. The zero-order chi connectivity index (χ0) is 17.9. The van der Waals surface area contributed by atoms with Gasteiger partial charge in [0.1, 0.15) is 0 Å². The molecule has 0 heterocycles. The zero-order valence-corrected chi connectivity index (χ0v) is 14.5. The Bertz CT molecular complexity index is 669. The molecule has 0 saturated carbocycles. The first-order valence-electron chi connectivity index (χ1n) is 8.35. The Hall–Kier alpha value is -2.66. The minimum atomic E-state index is -0.114. The lowest BCUT2D eigenvalue weighted by Gasteiger charge is -2.07. The number of nitrogens with one attached hydrogen (secondary N) is 2. The van der Waals surface area contributed by atoms with Crippen LogP contribution in [0.5, 0.6) is 0 Å². The van der Waals surface area contributed by atoms with Crippen LogP contribution >= 0.6 is 0 Å². The lowest BCUT2D eigenvalue weighted by molar-refractivity contribution is -0.121. The third-order valence-electron chi connectivity index (χ3n) is 3.73. The van der Waals surface area contributed by atoms with E-state index in [1.54, 1.807) is 19.2 Å². The third-order valence-corrected chi connectivity index (χ3v) is 3.73. The van der Waals surface area contributed by atoms with E-state index in [0.29, 0.717) is 38.1 Å². The molecular weight excluding hydrogens is 316 g/mol. The van der Waals surface area contributed by atoms with Gasteiger partial charge in [-0.3, -0.25) is 9.59 Å². The Balaban J connectivity index is 1.61. The molecule has 2 aromatic rings. The highest BCUT2D eigenvalue weighted by Gasteiger charge is 2.05. The molecule has 2 amide bonds. The molecule has 0 atom stereocenters. The second kappa shape index (κ2) is 10.3.